The van der Waals surface area contributed by atoms with Crippen LogP contribution < -0.4 is 9.46 Å². The highest BCUT2D eigenvalue weighted by atomic mass is 32.2. The standard InChI is InChI=1S/C12H18N2O3S/c1-12(8-9-14(2)18(15,16)13-12)10-6-4-5-7-11(10)17-3/h4-7,13H,8-9H2,1-3H3/t12-/m1/s1. The van der Waals surface area contributed by atoms with Crippen LogP contribution in [0.2, 0.25) is 0 Å². The highest BCUT2D eigenvalue weighted by Gasteiger charge is 2.39. The van der Waals surface area contributed by atoms with E-state index in [4.69, 9.17) is 4.74 Å². The fourth-order valence-electron chi connectivity index (χ4n) is 2.20. The number of methoxy groups -OCH3 is 1. The average Bonchev–Trinajstić information content (AvgIpc) is 2.34. The van der Waals surface area contributed by atoms with Crippen LogP contribution in [0.3, 0.4) is 0 Å². The quantitative estimate of drug-likeness (QED) is 0.875. The van der Waals surface area contributed by atoms with Crippen molar-refractivity contribution in [2.45, 2.75) is 18.9 Å². The topological polar surface area (TPSA) is 58.6 Å². The molecule has 1 atom stereocenters. The van der Waals surface area contributed by atoms with Crippen LogP contribution in [0.1, 0.15) is 18.9 Å². The maximum absolute atomic E-state index is 11.9. The van der Waals surface area contributed by atoms with Crippen molar-refractivity contribution in [2.75, 3.05) is 20.7 Å². The third-order valence-corrected chi connectivity index (χ3v) is 5.10. The van der Waals surface area contributed by atoms with Gasteiger partial charge in [0.15, 0.2) is 0 Å². The Bertz CT molecular complexity index is 544. The highest BCUT2D eigenvalue weighted by molar-refractivity contribution is 7.87. The van der Waals surface area contributed by atoms with Gasteiger partial charge in [-0.1, -0.05) is 18.2 Å². The summed E-state index contributed by atoms with van der Waals surface area (Å²) in [7, 11) is -0.252. The summed E-state index contributed by atoms with van der Waals surface area (Å²) in [6, 6.07) is 7.49. The molecule has 0 aliphatic carbocycles. The second-order valence-corrected chi connectivity index (χ2v) is 6.49. The highest BCUT2D eigenvalue weighted by Crippen LogP contribution is 2.35. The molecule has 0 unspecified atom stereocenters. The Balaban J connectivity index is 2.43. The Kier molecular flexibility index (Phi) is 3.35. The van der Waals surface area contributed by atoms with E-state index >= 15 is 0 Å². The van der Waals surface area contributed by atoms with Gasteiger partial charge in [0, 0.05) is 19.2 Å². The molecule has 1 aromatic carbocycles. The molecule has 5 nitrogen and oxygen atoms in total. The first-order chi connectivity index (χ1) is 8.39. The molecule has 1 aromatic rings. The third kappa shape index (κ3) is 2.23. The van der Waals surface area contributed by atoms with Crippen LogP contribution in [0.5, 0.6) is 5.75 Å². The summed E-state index contributed by atoms with van der Waals surface area (Å²) in [6.45, 7) is 2.37. The van der Waals surface area contributed by atoms with Gasteiger partial charge >= 0.3 is 0 Å². The molecule has 0 bridgehead atoms. The minimum Gasteiger partial charge on any atom is -0.496 e. The molecular formula is C12H18N2O3S. The second-order valence-electron chi connectivity index (χ2n) is 4.71. The molecule has 1 N–H and O–H groups in total. The number of benzene rings is 1. The Hall–Kier alpha value is -1.11. The van der Waals surface area contributed by atoms with Gasteiger partial charge in [0.05, 0.1) is 12.6 Å². The van der Waals surface area contributed by atoms with E-state index in [1.807, 2.05) is 31.2 Å². The summed E-state index contributed by atoms with van der Waals surface area (Å²) in [5, 5.41) is 0. The number of nitrogens with one attached hydrogen (secondary N) is 1. The van der Waals surface area contributed by atoms with Crippen molar-refractivity contribution in [1.82, 2.24) is 9.03 Å². The van der Waals surface area contributed by atoms with E-state index in [9.17, 15) is 8.42 Å². The van der Waals surface area contributed by atoms with E-state index in [0.29, 0.717) is 18.7 Å². The van der Waals surface area contributed by atoms with Gasteiger partial charge in [0.2, 0.25) is 0 Å². The molecule has 0 spiro atoms. The lowest BCUT2D eigenvalue weighted by molar-refractivity contribution is 0.292. The van der Waals surface area contributed by atoms with Crippen molar-refractivity contribution in [3.05, 3.63) is 29.8 Å². The van der Waals surface area contributed by atoms with Crippen LogP contribution >= 0.6 is 0 Å². The van der Waals surface area contributed by atoms with Gasteiger partial charge in [0.25, 0.3) is 10.2 Å². The van der Waals surface area contributed by atoms with Gasteiger partial charge in [-0.2, -0.15) is 17.4 Å². The van der Waals surface area contributed by atoms with Crippen LogP contribution in [-0.4, -0.2) is 33.4 Å². The van der Waals surface area contributed by atoms with Crippen molar-refractivity contribution in [2.24, 2.45) is 0 Å². The Morgan fingerprint density at radius 2 is 2.06 bits per heavy atom. The van der Waals surface area contributed by atoms with Crippen LogP contribution in [0, 0.1) is 0 Å². The molecule has 1 heterocycles. The number of hydrogen-bond donors (Lipinski definition) is 1. The lowest BCUT2D eigenvalue weighted by Crippen LogP contribution is -2.55. The molecule has 100 valence electrons. The summed E-state index contributed by atoms with van der Waals surface area (Å²) >= 11 is 0. The molecule has 2 rings (SSSR count). The average molecular weight is 270 g/mol. The minimum atomic E-state index is -3.41. The molecule has 1 aliphatic heterocycles. The molecule has 0 aromatic heterocycles. The van der Waals surface area contributed by atoms with Crippen LogP contribution in [0.4, 0.5) is 0 Å². The normalized spacial score (nSPS) is 27.9. The van der Waals surface area contributed by atoms with Crippen LogP contribution in [0.15, 0.2) is 24.3 Å². The monoisotopic (exact) mass is 270 g/mol. The van der Waals surface area contributed by atoms with Gasteiger partial charge in [-0.25, -0.2) is 0 Å². The molecule has 1 aliphatic rings. The largest absolute Gasteiger partial charge is 0.496 e. The van der Waals surface area contributed by atoms with Crippen molar-refractivity contribution in [3.8, 4) is 5.75 Å². The molecular weight excluding hydrogens is 252 g/mol. The summed E-state index contributed by atoms with van der Waals surface area (Å²) < 4.78 is 33.3. The molecule has 18 heavy (non-hydrogen) atoms. The van der Waals surface area contributed by atoms with Crippen LogP contribution in [0.25, 0.3) is 0 Å². The summed E-state index contributed by atoms with van der Waals surface area (Å²) in [5.74, 6) is 0.701. The van der Waals surface area contributed by atoms with E-state index in [0.717, 1.165) is 5.56 Å². The predicted octanol–water partition coefficient (Wildman–Crippen LogP) is 1.08. The Morgan fingerprint density at radius 3 is 2.67 bits per heavy atom. The summed E-state index contributed by atoms with van der Waals surface area (Å²) in [4.78, 5) is 0. The first-order valence-corrected chi connectivity index (χ1v) is 7.22. The first kappa shape index (κ1) is 13.3. The van der Waals surface area contributed by atoms with Crippen molar-refractivity contribution in [1.29, 1.82) is 0 Å². The minimum absolute atomic E-state index is 0.490. The zero-order valence-electron chi connectivity index (χ0n) is 10.8. The van der Waals surface area contributed by atoms with E-state index in [1.165, 1.54) is 4.31 Å². The lowest BCUT2D eigenvalue weighted by Gasteiger charge is -2.39. The zero-order chi connectivity index (χ0) is 13.4. The molecule has 1 fully saturated rings. The summed E-state index contributed by atoms with van der Waals surface area (Å²) in [5.41, 5.74) is 0.238. The number of ether oxygens (including phenoxy) is 1. The SMILES string of the molecule is COc1ccccc1[C@@]1(C)CCN(C)S(=O)(=O)N1. The van der Waals surface area contributed by atoms with E-state index < -0.39 is 15.7 Å². The van der Waals surface area contributed by atoms with E-state index in [2.05, 4.69) is 4.72 Å². The molecule has 1 saturated heterocycles. The summed E-state index contributed by atoms with van der Waals surface area (Å²) in [6.07, 6.45) is 0.698. The molecule has 6 heteroatoms. The van der Waals surface area contributed by atoms with E-state index in [1.54, 1.807) is 14.2 Å². The third-order valence-electron chi connectivity index (χ3n) is 3.39. The molecule has 0 radical (unpaired) electrons. The number of hydrogen-bond acceptors (Lipinski definition) is 3. The van der Waals surface area contributed by atoms with Crippen molar-refractivity contribution < 1.29 is 13.2 Å². The fourth-order valence-corrected chi connectivity index (χ4v) is 3.47. The van der Waals surface area contributed by atoms with Gasteiger partial charge in [0.1, 0.15) is 5.75 Å². The van der Waals surface area contributed by atoms with Gasteiger partial charge < -0.3 is 4.74 Å². The lowest BCUT2D eigenvalue weighted by atomic mass is 9.89. The molecule has 0 amide bonds. The van der Waals surface area contributed by atoms with Crippen molar-refractivity contribution in [3.63, 3.8) is 0 Å². The van der Waals surface area contributed by atoms with Crippen LogP contribution in [-0.2, 0) is 15.7 Å². The fraction of sp³-hybridized carbons (Fsp3) is 0.500. The maximum Gasteiger partial charge on any atom is 0.280 e. The van der Waals surface area contributed by atoms with Gasteiger partial charge in [-0.05, 0) is 19.4 Å². The molecule has 0 saturated carbocycles. The smallest absolute Gasteiger partial charge is 0.280 e. The number of para-hydroxylation sites is 1. The van der Waals surface area contributed by atoms with Crippen molar-refractivity contribution >= 4 is 10.2 Å². The van der Waals surface area contributed by atoms with Gasteiger partial charge in [-0.3, -0.25) is 0 Å². The number of rotatable bonds is 2. The second kappa shape index (κ2) is 4.53. The Morgan fingerprint density at radius 1 is 1.39 bits per heavy atom. The maximum atomic E-state index is 11.9. The predicted molar refractivity (Wildman–Crippen MR) is 69.6 cm³/mol. The van der Waals surface area contributed by atoms with E-state index in [-0.39, 0.29) is 0 Å². The Labute approximate surface area is 108 Å². The van der Waals surface area contributed by atoms with Gasteiger partial charge in [-0.15, -0.1) is 0 Å². The number of nitrogens with zero attached hydrogens (tertiary/aromatic N) is 1. The zero-order valence-corrected chi connectivity index (χ0v) is 11.6. The first-order valence-electron chi connectivity index (χ1n) is 5.78.